The minimum atomic E-state index is -1.19. The predicted octanol–water partition coefficient (Wildman–Crippen LogP) is 2.96. The summed E-state index contributed by atoms with van der Waals surface area (Å²) in [7, 11) is 0. The van der Waals surface area contributed by atoms with Gasteiger partial charge in [0.1, 0.15) is 0 Å². The fourth-order valence-corrected chi connectivity index (χ4v) is 1.96. The van der Waals surface area contributed by atoms with Crippen LogP contribution in [0, 0.1) is 0 Å². The van der Waals surface area contributed by atoms with E-state index >= 15 is 0 Å². The van der Waals surface area contributed by atoms with Crippen LogP contribution < -0.4 is 0 Å². The lowest BCUT2D eigenvalue weighted by atomic mass is 10.2. The van der Waals surface area contributed by atoms with Crippen molar-refractivity contribution in [2.45, 2.75) is 57.3 Å². The van der Waals surface area contributed by atoms with E-state index in [9.17, 15) is 4.21 Å². The maximum absolute atomic E-state index is 11.7. The molecule has 0 aliphatic heterocycles. The Hall–Kier alpha value is -0.150. The van der Waals surface area contributed by atoms with E-state index in [4.69, 9.17) is 4.18 Å². The molecule has 82 valence electrons. The summed E-state index contributed by atoms with van der Waals surface area (Å²) in [5.41, 5.74) is 0. The third-order valence-electron chi connectivity index (χ3n) is 2.17. The summed E-state index contributed by atoms with van der Waals surface area (Å²) in [6.45, 7) is 5.80. The van der Waals surface area contributed by atoms with Gasteiger partial charge in [0.05, 0.1) is 10.9 Å². The molecule has 0 N–H and O–H groups in total. The SMILES string of the molecule is CC(C)(C)S(=O)O[C@H]1C=CCCCC1. The molecule has 2 atom stereocenters. The maximum atomic E-state index is 11.7. The van der Waals surface area contributed by atoms with Crippen LogP contribution in [0.2, 0.25) is 0 Å². The summed E-state index contributed by atoms with van der Waals surface area (Å²) in [6.07, 6.45) is 8.75. The minimum absolute atomic E-state index is 0.0533. The second kappa shape index (κ2) is 5.08. The highest BCUT2D eigenvalue weighted by Crippen LogP contribution is 2.19. The Bertz CT molecular complexity index is 228. The van der Waals surface area contributed by atoms with Crippen molar-refractivity contribution in [1.82, 2.24) is 0 Å². The van der Waals surface area contributed by atoms with Crippen LogP contribution in [-0.4, -0.2) is 15.1 Å². The van der Waals surface area contributed by atoms with Gasteiger partial charge in [-0.15, -0.1) is 0 Å². The van der Waals surface area contributed by atoms with Crippen LogP contribution in [0.5, 0.6) is 0 Å². The normalized spacial score (nSPS) is 25.8. The van der Waals surface area contributed by atoms with Gasteiger partial charge in [-0.3, -0.25) is 4.18 Å². The van der Waals surface area contributed by atoms with Gasteiger partial charge in [-0.2, -0.15) is 0 Å². The minimum Gasteiger partial charge on any atom is -0.283 e. The maximum Gasteiger partial charge on any atom is 0.161 e. The van der Waals surface area contributed by atoms with E-state index in [2.05, 4.69) is 12.2 Å². The fourth-order valence-electron chi connectivity index (χ4n) is 1.29. The zero-order valence-electron chi connectivity index (χ0n) is 9.29. The molecule has 1 unspecified atom stereocenters. The van der Waals surface area contributed by atoms with E-state index in [1.807, 2.05) is 20.8 Å². The van der Waals surface area contributed by atoms with Crippen LogP contribution in [0.3, 0.4) is 0 Å². The molecule has 1 aliphatic carbocycles. The lowest BCUT2D eigenvalue weighted by molar-refractivity contribution is 0.255. The summed E-state index contributed by atoms with van der Waals surface area (Å²) >= 11 is -1.19. The molecule has 0 saturated heterocycles. The van der Waals surface area contributed by atoms with Crippen molar-refractivity contribution in [3.8, 4) is 0 Å². The van der Waals surface area contributed by atoms with Crippen molar-refractivity contribution >= 4 is 11.1 Å². The monoisotopic (exact) mass is 216 g/mol. The second-order valence-corrected chi connectivity index (χ2v) is 6.58. The van der Waals surface area contributed by atoms with Gasteiger partial charge in [0.25, 0.3) is 0 Å². The first-order chi connectivity index (χ1) is 6.50. The van der Waals surface area contributed by atoms with Crippen LogP contribution in [0.25, 0.3) is 0 Å². The van der Waals surface area contributed by atoms with E-state index < -0.39 is 11.1 Å². The average Bonchev–Trinajstić information content (AvgIpc) is 2.31. The quantitative estimate of drug-likeness (QED) is 0.663. The van der Waals surface area contributed by atoms with Crippen LogP contribution in [0.1, 0.15) is 46.5 Å². The number of hydrogen-bond donors (Lipinski definition) is 0. The molecule has 0 bridgehead atoms. The lowest BCUT2D eigenvalue weighted by Gasteiger charge is -2.20. The molecule has 0 fully saturated rings. The van der Waals surface area contributed by atoms with Crippen molar-refractivity contribution in [3.63, 3.8) is 0 Å². The molecule has 1 aliphatic rings. The summed E-state index contributed by atoms with van der Waals surface area (Å²) in [5, 5.41) is 0. The van der Waals surface area contributed by atoms with Gasteiger partial charge in [0, 0.05) is 0 Å². The molecule has 14 heavy (non-hydrogen) atoms. The van der Waals surface area contributed by atoms with Crippen molar-refractivity contribution in [1.29, 1.82) is 0 Å². The van der Waals surface area contributed by atoms with E-state index in [-0.39, 0.29) is 10.9 Å². The Balaban J connectivity index is 2.46. The van der Waals surface area contributed by atoms with Crippen LogP contribution in [0.15, 0.2) is 12.2 Å². The molecular weight excluding hydrogens is 196 g/mol. The predicted molar refractivity (Wildman–Crippen MR) is 60.4 cm³/mol. The van der Waals surface area contributed by atoms with Gasteiger partial charge in [-0.1, -0.05) is 18.6 Å². The van der Waals surface area contributed by atoms with Crippen molar-refractivity contribution in [2.24, 2.45) is 0 Å². The number of rotatable bonds is 2. The zero-order valence-corrected chi connectivity index (χ0v) is 10.1. The molecule has 0 aromatic carbocycles. The van der Waals surface area contributed by atoms with Gasteiger partial charge in [0.2, 0.25) is 0 Å². The third kappa shape index (κ3) is 3.93. The Labute approximate surface area is 89.4 Å². The van der Waals surface area contributed by atoms with Gasteiger partial charge < -0.3 is 0 Å². The highest BCUT2D eigenvalue weighted by Gasteiger charge is 2.23. The number of hydrogen-bond acceptors (Lipinski definition) is 2. The van der Waals surface area contributed by atoms with Gasteiger partial charge >= 0.3 is 0 Å². The van der Waals surface area contributed by atoms with Gasteiger partial charge in [0.15, 0.2) is 11.1 Å². The molecule has 2 nitrogen and oxygen atoms in total. The first-order valence-corrected chi connectivity index (χ1v) is 6.33. The Kier molecular flexibility index (Phi) is 4.32. The van der Waals surface area contributed by atoms with Gasteiger partial charge in [-0.25, -0.2) is 4.21 Å². The molecule has 0 spiro atoms. The van der Waals surface area contributed by atoms with E-state index in [1.165, 1.54) is 12.8 Å². The molecule has 0 aromatic heterocycles. The Morgan fingerprint density at radius 3 is 2.71 bits per heavy atom. The highest BCUT2D eigenvalue weighted by molar-refractivity contribution is 7.81. The molecule has 3 heteroatoms. The number of allylic oxidation sites excluding steroid dienone is 1. The van der Waals surface area contributed by atoms with E-state index in [0.29, 0.717) is 0 Å². The molecule has 0 radical (unpaired) electrons. The largest absolute Gasteiger partial charge is 0.283 e. The Morgan fingerprint density at radius 1 is 1.36 bits per heavy atom. The summed E-state index contributed by atoms with van der Waals surface area (Å²) in [6, 6.07) is 0. The zero-order chi connectivity index (χ0) is 10.6. The molecule has 0 amide bonds. The topological polar surface area (TPSA) is 26.3 Å². The first kappa shape index (κ1) is 11.9. The lowest BCUT2D eigenvalue weighted by Crippen LogP contribution is -2.27. The first-order valence-electron chi connectivity index (χ1n) is 5.26. The third-order valence-corrected chi connectivity index (χ3v) is 3.59. The summed E-state index contributed by atoms with van der Waals surface area (Å²) in [4.78, 5) is 0. The van der Waals surface area contributed by atoms with Crippen LogP contribution >= 0.6 is 0 Å². The molecule has 0 saturated carbocycles. The highest BCUT2D eigenvalue weighted by atomic mass is 32.2. The van der Waals surface area contributed by atoms with Crippen LogP contribution in [-0.2, 0) is 15.3 Å². The second-order valence-electron chi connectivity index (χ2n) is 4.69. The average molecular weight is 216 g/mol. The molecule has 0 aromatic rings. The Morgan fingerprint density at radius 2 is 2.07 bits per heavy atom. The molecular formula is C11H20O2S. The van der Waals surface area contributed by atoms with Gasteiger partial charge in [-0.05, 0) is 40.0 Å². The van der Waals surface area contributed by atoms with Crippen molar-refractivity contribution < 1.29 is 8.39 Å². The fraction of sp³-hybridized carbons (Fsp3) is 0.818. The standard InChI is InChI=1S/C11H20O2S/c1-11(2,3)14(12)13-10-8-6-4-5-7-9-10/h6,8,10H,4-5,7,9H2,1-3H3/t10-,14?/m0/s1. The summed E-state index contributed by atoms with van der Waals surface area (Å²) in [5.74, 6) is 0. The smallest absolute Gasteiger partial charge is 0.161 e. The van der Waals surface area contributed by atoms with E-state index in [0.717, 1.165) is 12.8 Å². The molecule has 0 heterocycles. The summed E-state index contributed by atoms with van der Waals surface area (Å²) < 4.78 is 16.9. The van der Waals surface area contributed by atoms with Crippen LogP contribution in [0.4, 0.5) is 0 Å². The molecule has 1 rings (SSSR count). The van der Waals surface area contributed by atoms with E-state index in [1.54, 1.807) is 0 Å². The van der Waals surface area contributed by atoms with Crippen molar-refractivity contribution in [3.05, 3.63) is 12.2 Å². The van der Waals surface area contributed by atoms with Crippen molar-refractivity contribution in [2.75, 3.05) is 0 Å².